The molecule has 1 unspecified atom stereocenters. The van der Waals surface area contributed by atoms with Gasteiger partial charge in [-0.15, -0.1) is 0 Å². The van der Waals surface area contributed by atoms with E-state index in [0.29, 0.717) is 30.8 Å². The lowest BCUT2D eigenvalue weighted by Crippen LogP contribution is -2.44. The lowest BCUT2D eigenvalue weighted by molar-refractivity contribution is 0.0386. The molecular formula is C18H26N4O3. The molecule has 2 heterocycles. The summed E-state index contributed by atoms with van der Waals surface area (Å²) in [5.74, 6) is 1.71. The minimum Gasteiger partial charge on any atom is -0.478 e. The second kappa shape index (κ2) is 9.08. The Morgan fingerprint density at radius 3 is 2.88 bits per heavy atom. The first kappa shape index (κ1) is 18.8. The van der Waals surface area contributed by atoms with Crippen molar-refractivity contribution in [2.75, 3.05) is 19.7 Å². The van der Waals surface area contributed by atoms with Gasteiger partial charge in [-0.3, -0.25) is 0 Å². The second-order valence-electron chi connectivity index (χ2n) is 5.74. The fourth-order valence-corrected chi connectivity index (χ4v) is 2.22. The number of aliphatic hydroxyl groups is 1. The summed E-state index contributed by atoms with van der Waals surface area (Å²) >= 11 is 0. The molecule has 2 aromatic rings. The van der Waals surface area contributed by atoms with E-state index in [0.717, 1.165) is 12.1 Å². The summed E-state index contributed by atoms with van der Waals surface area (Å²) in [4.78, 5) is 8.68. The monoisotopic (exact) mass is 346 g/mol. The Kier molecular flexibility index (Phi) is 6.82. The Morgan fingerprint density at radius 1 is 1.36 bits per heavy atom. The maximum absolute atomic E-state index is 10.5. The van der Waals surface area contributed by atoms with Crippen molar-refractivity contribution in [3.8, 4) is 5.88 Å². The van der Waals surface area contributed by atoms with Crippen molar-refractivity contribution in [2.45, 2.75) is 32.9 Å². The standard InChI is InChI=1S/C18H26N4O3/c1-4-19-17(22-13-18(3,23)15-7-6-10-25-15)21-12-14-8-9-20-16(11-14)24-5-2/h6-11,23H,4-5,12-13H2,1-3H3,(H2,19,21,22). The highest BCUT2D eigenvalue weighted by Gasteiger charge is 2.26. The SMILES string of the molecule is CCNC(=NCc1ccnc(OCC)c1)NCC(C)(O)c1ccco1. The number of rotatable bonds is 8. The molecule has 0 saturated carbocycles. The van der Waals surface area contributed by atoms with Gasteiger partial charge < -0.3 is 24.9 Å². The molecule has 0 saturated heterocycles. The van der Waals surface area contributed by atoms with Gasteiger partial charge in [-0.2, -0.15) is 0 Å². The molecule has 0 amide bonds. The summed E-state index contributed by atoms with van der Waals surface area (Å²) in [6, 6.07) is 7.27. The van der Waals surface area contributed by atoms with Crippen LogP contribution in [0.2, 0.25) is 0 Å². The average Bonchev–Trinajstić information content (AvgIpc) is 3.14. The predicted octanol–water partition coefficient (Wildman–Crippen LogP) is 2.04. The van der Waals surface area contributed by atoms with Gasteiger partial charge in [0.1, 0.15) is 11.4 Å². The predicted molar refractivity (Wildman–Crippen MR) is 96.5 cm³/mol. The second-order valence-corrected chi connectivity index (χ2v) is 5.74. The Morgan fingerprint density at radius 2 is 2.20 bits per heavy atom. The number of ether oxygens (including phenoxy) is 1. The van der Waals surface area contributed by atoms with E-state index in [4.69, 9.17) is 9.15 Å². The zero-order valence-electron chi connectivity index (χ0n) is 15.0. The number of furan rings is 1. The normalized spacial score (nSPS) is 14.0. The molecule has 0 aliphatic carbocycles. The van der Waals surface area contributed by atoms with Crippen LogP contribution in [0.3, 0.4) is 0 Å². The molecule has 7 nitrogen and oxygen atoms in total. The third-order valence-electron chi connectivity index (χ3n) is 3.51. The van der Waals surface area contributed by atoms with Gasteiger partial charge in [-0.05, 0) is 44.5 Å². The van der Waals surface area contributed by atoms with Crippen LogP contribution in [0, 0.1) is 0 Å². The highest BCUT2D eigenvalue weighted by molar-refractivity contribution is 5.79. The average molecular weight is 346 g/mol. The van der Waals surface area contributed by atoms with Crippen LogP contribution < -0.4 is 15.4 Å². The van der Waals surface area contributed by atoms with Crippen LogP contribution in [-0.2, 0) is 12.1 Å². The zero-order valence-corrected chi connectivity index (χ0v) is 15.0. The summed E-state index contributed by atoms with van der Waals surface area (Å²) < 4.78 is 10.7. The van der Waals surface area contributed by atoms with Crippen molar-refractivity contribution in [2.24, 2.45) is 4.99 Å². The van der Waals surface area contributed by atoms with Gasteiger partial charge in [0.05, 0.1) is 26.0 Å². The number of pyridine rings is 1. The molecule has 136 valence electrons. The van der Waals surface area contributed by atoms with E-state index in [2.05, 4.69) is 20.6 Å². The number of aromatic nitrogens is 1. The summed E-state index contributed by atoms with van der Waals surface area (Å²) in [7, 11) is 0. The Bertz CT molecular complexity index is 669. The molecule has 0 aliphatic heterocycles. The van der Waals surface area contributed by atoms with Gasteiger partial charge in [0.15, 0.2) is 5.96 Å². The van der Waals surface area contributed by atoms with Crippen molar-refractivity contribution in [3.63, 3.8) is 0 Å². The largest absolute Gasteiger partial charge is 0.478 e. The van der Waals surface area contributed by atoms with Crippen LogP contribution >= 0.6 is 0 Å². The zero-order chi connectivity index (χ0) is 18.1. The highest BCUT2D eigenvalue weighted by Crippen LogP contribution is 2.19. The Balaban J connectivity index is 1.99. The van der Waals surface area contributed by atoms with Crippen molar-refractivity contribution in [3.05, 3.63) is 48.0 Å². The quantitative estimate of drug-likeness (QED) is 0.500. The summed E-state index contributed by atoms with van der Waals surface area (Å²) in [6.07, 6.45) is 3.25. The lowest BCUT2D eigenvalue weighted by Gasteiger charge is -2.22. The van der Waals surface area contributed by atoms with E-state index >= 15 is 0 Å². The van der Waals surface area contributed by atoms with Gasteiger partial charge in [-0.1, -0.05) is 0 Å². The highest BCUT2D eigenvalue weighted by atomic mass is 16.5. The lowest BCUT2D eigenvalue weighted by atomic mass is 10.0. The molecule has 0 spiro atoms. The molecule has 0 aromatic carbocycles. The van der Waals surface area contributed by atoms with Crippen LogP contribution in [0.1, 0.15) is 32.1 Å². The summed E-state index contributed by atoms with van der Waals surface area (Å²) in [6.45, 7) is 7.64. The van der Waals surface area contributed by atoms with Crippen molar-refractivity contribution >= 4 is 5.96 Å². The molecule has 2 rings (SSSR count). The van der Waals surface area contributed by atoms with Crippen molar-refractivity contribution < 1.29 is 14.3 Å². The minimum atomic E-state index is -1.13. The molecule has 0 fully saturated rings. The molecule has 7 heteroatoms. The summed E-state index contributed by atoms with van der Waals surface area (Å²) in [5, 5.41) is 16.8. The van der Waals surface area contributed by atoms with Crippen LogP contribution in [0.15, 0.2) is 46.1 Å². The fraction of sp³-hybridized carbons (Fsp3) is 0.444. The fourth-order valence-electron chi connectivity index (χ4n) is 2.22. The minimum absolute atomic E-state index is 0.271. The first-order valence-electron chi connectivity index (χ1n) is 8.41. The third kappa shape index (κ3) is 5.79. The van der Waals surface area contributed by atoms with Gasteiger partial charge in [0.25, 0.3) is 0 Å². The van der Waals surface area contributed by atoms with E-state index in [-0.39, 0.29) is 6.54 Å². The van der Waals surface area contributed by atoms with Crippen LogP contribution in [0.5, 0.6) is 5.88 Å². The van der Waals surface area contributed by atoms with E-state index in [1.807, 2.05) is 26.0 Å². The molecule has 2 aromatic heterocycles. The summed E-state index contributed by atoms with van der Waals surface area (Å²) in [5.41, 5.74) is -0.133. The molecular weight excluding hydrogens is 320 g/mol. The van der Waals surface area contributed by atoms with Crippen molar-refractivity contribution in [1.82, 2.24) is 15.6 Å². The number of guanidine groups is 1. The Labute approximate surface area is 148 Å². The molecule has 25 heavy (non-hydrogen) atoms. The van der Waals surface area contributed by atoms with E-state index in [1.165, 1.54) is 0 Å². The van der Waals surface area contributed by atoms with Gasteiger partial charge in [0.2, 0.25) is 5.88 Å². The molecule has 0 bridgehead atoms. The molecule has 0 aliphatic rings. The number of hydrogen-bond acceptors (Lipinski definition) is 5. The van der Waals surface area contributed by atoms with E-state index < -0.39 is 5.60 Å². The molecule has 1 atom stereocenters. The van der Waals surface area contributed by atoms with Crippen molar-refractivity contribution in [1.29, 1.82) is 0 Å². The van der Waals surface area contributed by atoms with Gasteiger partial charge >= 0.3 is 0 Å². The maximum Gasteiger partial charge on any atom is 0.213 e. The topological polar surface area (TPSA) is 91.9 Å². The van der Waals surface area contributed by atoms with E-state index in [9.17, 15) is 5.11 Å². The van der Waals surface area contributed by atoms with Crippen LogP contribution in [-0.4, -0.2) is 35.7 Å². The first-order valence-corrected chi connectivity index (χ1v) is 8.41. The van der Waals surface area contributed by atoms with Gasteiger partial charge in [-0.25, -0.2) is 9.98 Å². The molecule has 3 N–H and O–H groups in total. The maximum atomic E-state index is 10.5. The molecule has 0 radical (unpaired) electrons. The number of nitrogens with zero attached hydrogens (tertiary/aromatic N) is 2. The van der Waals surface area contributed by atoms with Crippen LogP contribution in [0.25, 0.3) is 0 Å². The van der Waals surface area contributed by atoms with Crippen LogP contribution in [0.4, 0.5) is 0 Å². The smallest absolute Gasteiger partial charge is 0.213 e. The Hall–Kier alpha value is -2.54. The first-order chi connectivity index (χ1) is 12.0. The van der Waals surface area contributed by atoms with Gasteiger partial charge in [0, 0.05) is 18.8 Å². The number of aliphatic imine (C=N–C) groups is 1. The third-order valence-corrected chi connectivity index (χ3v) is 3.51. The number of nitrogens with one attached hydrogen (secondary N) is 2. The van der Waals surface area contributed by atoms with E-state index in [1.54, 1.807) is 31.5 Å². The number of hydrogen-bond donors (Lipinski definition) is 3.